The highest BCUT2D eigenvalue weighted by molar-refractivity contribution is 5.95. The maximum atomic E-state index is 5.16. The topological polar surface area (TPSA) is 90.2 Å². The van der Waals surface area contributed by atoms with Crippen molar-refractivity contribution in [3.63, 3.8) is 0 Å². The first-order chi connectivity index (χ1) is 27.7. The maximum Gasteiger partial charge on any atom is 0.164 e. The highest BCUT2D eigenvalue weighted by Crippen LogP contribution is 2.35. The van der Waals surface area contributed by atoms with Gasteiger partial charge in [0.15, 0.2) is 17.5 Å². The molecule has 0 fully saturated rings. The molecular formula is C49H31N7. The van der Waals surface area contributed by atoms with Gasteiger partial charge in [-0.3, -0.25) is 19.9 Å². The van der Waals surface area contributed by atoms with E-state index in [9.17, 15) is 0 Å². The third-order valence-electron chi connectivity index (χ3n) is 10.1. The van der Waals surface area contributed by atoms with Crippen LogP contribution in [0.5, 0.6) is 0 Å². The third-order valence-corrected chi connectivity index (χ3v) is 10.1. The van der Waals surface area contributed by atoms with Gasteiger partial charge in [0, 0.05) is 64.6 Å². The molecule has 0 aliphatic rings. The van der Waals surface area contributed by atoms with Gasteiger partial charge in [-0.1, -0.05) is 84.9 Å². The molecule has 0 saturated carbocycles. The van der Waals surface area contributed by atoms with Crippen LogP contribution in [-0.2, 0) is 0 Å². The van der Waals surface area contributed by atoms with E-state index in [1.807, 2.05) is 97.8 Å². The van der Waals surface area contributed by atoms with Crippen LogP contribution in [0.15, 0.2) is 189 Å². The second-order valence-electron chi connectivity index (χ2n) is 13.5. The van der Waals surface area contributed by atoms with E-state index in [1.54, 1.807) is 0 Å². The second-order valence-corrected chi connectivity index (χ2v) is 13.5. The molecule has 0 saturated heterocycles. The summed E-state index contributed by atoms with van der Waals surface area (Å²) in [5, 5.41) is 2.21. The van der Waals surface area contributed by atoms with Crippen molar-refractivity contribution >= 4 is 21.8 Å². The van der Waals surface area contributed by atoms with E-state index < -0.39 is 0 Å². The van der Waals surface area contributed by atoms with E-state index in [2.05, 4.69) is 111 Å². The van der Waals surface area contributed by atoms with Crippen molar-refractivity contribution in [1.29, 1.82) is 0 Å². The van der Waals surface area contributed by atoms with Crippen LogP contribution in [0, 0.1) is 0 Å². The van der Waals surface area contributed by atoms with Crippen LogP contribution < -0.4 is 0 Å². The van der Waals surface area contributed by atoms with E-state index in [0.717, 1.165) is 83.0 Å². The number of rotatable bonds is 7. The Kier molecular flexibility index (Phi) is 8.35. The zero-order valence-electron chi connectivity index (χ0n) is 30.0. The Morgan fingerprint density at radius 3 is 1.09 bits per heavy atom. The average Bonchev–Trinajstić information content (AvgIpc) is 3.29. The molecule has 10 aromatic rings. The zero-order valence-corrected chi connectivity index (χ0v) is 30.0. The maximum absolute atomic E-state index is 5.16. The Hall–Kier alpha value is -7.77. The van der Waals surface area contributed by atoms with Gasteiger partial charge >= 0.3 is 0 Å². The predicted octanol–water partition coefficient (Wildman–Crippen LogP) is 11.4. The lowest BCUT2D eigenvalue weighted by molar-refractivity contribution is 1.07. The molecule has 10 rings (SSSR count). The van der Waals surface area contributed by atoms with Crippen molar-refractivity contribution < 1.29 is 0 Å². The van der Waals surface area contributed by atoms with E-state index in [0.29, 0.717) is 17.5 Å². The van der Waals surface area contributed by atoms with Crippen LogP contribution in [0.2, 0.25) is 0 Å². The third kappa shape index (κ3) is 6.33. The van der Waals surface area contributed by atoms with Crippen molar-refractivity contribution in [2.45, 2.75) is 0 Å². The number of pyridine rings is 4. The number of hydrogen-bond acceptors (Lipinski definition) is 7. The van der Waals surface area contributed by atoms with Crippen LogP contribution in [0.1, 0.15) is 0 Å². The molecule has 7 heteroatoms. The Bertz CT molecular complexity index is 2790. The summed E-state index contributed by atoms with van der Waals surface area (Å²) in [6.07, 6.45) is 11.0. The van der Waals surface area contributed by atoms with Crippen LogP contribution in [0.25, 0.3) is 100 Å². The smallest absolute Gasteiger partial charge is 0.164 e. The van der Waals surface area contributed by atoms with Gasteiger partial charge in [0.25, 0.3) is 0 Å². The first-order valence-corrected chi connectivity index (χ1v) is 18.3. The fourth-order valence-corrected chi connectivity index (χ4v) is 7.23. The van der Waals surface area contributed by atoms with E-state index in [1.165, 1.54) is 0 Å². The van der Waals surface area contributed by atoms with E-state index in [4.69, 9.17) is 15.0 Å². The fourth-order valence-electron chi connectivity index (χ4n) is 7.23. The van der Waals surface area contributed by atoms with Crippen molar-refractivity contribution in [2.24, 2.45) is 0 Å². The van der Waals surface area contributed by atoms with Crippen LogP contribution in [0.3, 0.4) is 0 Å². The molecule has 0 N–H and O–H groups in total. The Morgan fingerprint density at radius 2 is 0.643 bits per heavy atom. The molecule has 0 amide bonds. The molecule has 0 bridgehead atoms. The Labute approximate surface area is 323 Å². The summed E-state index contributed by atoms with van der Waals surface area (Å²) in [6, 6.07) is 51.9. The number of benzene rings is 5. The summed E-state index contributed by atoms with van der Waals surface area (Å²) in [6.45, 7) is 0. The van der Waals surface area contributed by atoms with Crippen LogP contribution >= 0.6 is 0 Å². The minimum absolute atomic E-state index is 0.574. The first-order valence-electron chi connectivity index (χ1n) is 18.3. The molecule has 5 aromatic heterocycles. The number of fused-ring (bicyclic) bond motifs is 2. The summed E-state index contributed by atoms with van der Waals surface area (Å²) < 4.78 is 0. The molecule has 0 aliphatic heterocycles. The van der Waals surface area contributed by atoms with Crippen LogP contribution in [0.4, 0.5) is 0 Å². The van der Waals surface area contributed by atoms with Gasteiger partial charge in [-0.25, -0.2) is 15.0 Å². The standard InChI is InChI=1S/C49H31N7/c1-3-7-45-43(5-1)41(21-27-52-45)34-9-13-36(14-10-34)47-54-48(37-15-11-35(12-16-37)42-22-28-53-46-8-4-2-6-44(42)46)56-49(55-47)40-30-38(32-17-23-50-24-18-32)29-39(31-40)33-19-25-51-26-20-33/h1-31H. The number of para-hydroxylation sites is 2. The van der Waals surface area contributed by atoms with Crippen molar-refractivity contribution in [3.05, 3.63) is 189 Å². The molecule has 5 heterocycles. The molecule has 0 spiro atoms. The minimum atomic E-state index is 0.574. The Morgan fingerprint density at radius 1 is 0.268 bits per heavy atom. The van der Waals surface area contributed by atoms with Gasteiger partial charge in [-0.2, -0.15) is 0 Å². The molecular weight excluding hydrogens is 687 g/mol. The summed E-state index contributed by atoms with van der Waals surface area (Å²) >= 11 is 0. The summed E-state index contributed by atoms with van der Waals surface area (Å²) in [5.74, 6) is 1.74. The normalized spacial score (nSPS) is 11.2. The van der Waals surface area contributed by atoms with Crippen molar-refractivity contribution in [3.8, 4) is 78.7 Å². The number of hydrogen-bond donors (Lipinski definition) is 0. The molecule has 0 atom stereocenters. The number of aromatic nitrogens is 7. The van der Waals surface area contributed by atoms with Gasteiger partial charge in [0.05, 0.1) is 11.0 Å². The lowest BCUT2D eigenvalue weighted by Gasteiger charge is -2.13. The van der Waals surface area contributed by atoms with Gasteiger partial charge < -0.3 is 0 Å². The van der Waals surface area contributed by atoms with Gasteiger partial charge in [0.1, 0.15) is 0 Å². The molecule has 56 heavy (non-hydrogen) atoms. The van der Waals surface area contributed by atoms with Gasteiger partial charge in [0.2, 0.25) is 0 Å². The highest BCUT2D eigenvalue weighted by atomic mass is 15.0. The fraction of sp³-hybridized carbons (Fsp3) is 0. The largest absolute Gasteiger partial charge is 0.265 e. The summed E-state index contributed by atoms with van der Waals surface area (Å²) in [7, 11) is 0. The van der Waals surface area contributed by atoms with E-state index in [-0.39, 0.29) is 0 Å². The van der Waals surface area contributed by atoms with Crippen molar-refractivity contribution in [1.82, 2.24) is 34.9 Å². The lowest BCUT2D eigenvalue weighted by atomic mass is 9.96. The Balaban J connectivity index is 1.12. The SMILES string of the molecule is c1ccc2c(-c3ccc(-c4nc(-c5ccc(-c6ccnc7ccccc67)cc5)nc(-c5cc(-c6ccncc6)cc(-c6ccncc6)c5)n4)cc3)ccnc2c1. The van der Waals surface area contributed by atoms with Gasteiger partial charge in [-0.15, -0.1) is 0 Å². The summed E-state index contributed by atoms with van der Waals surface area (Å²) in [5.41, 5.74) is 13.1. The van der Waals surface area contributed by atoms with Gasteiger partial charge in [-0.05, 0) is 111 Å². The highest BCUT2D eigenvalue weighted by Gasteiger charge is 2.16. The van der Waals surface area contributed by atoms with Crippen molar-refractivity contribution in [2.75, 3.05) is 0 Å². The molecule has 0 radical (unpaired) electrons. The molecule has 0 aliphatic carbocycles. The lowest BCUT2D eigenvalue weighted by Crippen LogP contribution is -2.01. The molecule has 5 aromatic carbocycles. The predicted molar refractivity (Wildman–Crippen MR) is 224 cm³/mol. The average molecular weight is 718 g/mol. The monoisotopic (exact) mass is 717 g/mol. The number of nitrogens with zero attached hydrogens (tertiary/aromatic N) is 7. The molecule has 262 valence electrons. The van der Waals surface area contributed by atoms with Crippen LogP contribution in [-0.4, -0.2) is 34.9 Å². The zero-order chi connectivity index (χ0) is 37.3. The van der Waals surface area contributed by atoms with E-state index >= 15 is 0 Å². The molecule has 0 unspecified atom stereocenters. The first kappa shape index (κ1) is 32.8. The second kappa shape index (κ2) is 14.2. The molecule has 7 nitrogen and oxygen atoms in total. The quantitative estimate of drug-likeness (QED) is 0.162. The summed E-state index contributed by atoms with van der Waals surface area (Å²) in [4.78, 5) is 33.1. The minimum Gasteiger partial charge on any atom is -0.265 e.